The molecule has 0 bridgehead atoms. The second-order valence-corrected chi connectivity index (χ2v) is 13.1. The van der Waals surface area contributed by atoms with Crippen molar-refractivity contribution in [2.75, 3.05) is 5.75 Å². The second kappa shape index (κ2) is 10.9. The lowest BCUT2D eigenvalue weighted by atomic mass is 9.62. The van der Waals surface area contributed by atoms with Gasteiger partial charge in [0, 0.05) is 4.91 Å². The van der Waals surface area contributed by atoms with Crippen LogP contribution in [0.4, 0.5) is 0 Å². The van der Waals surface area contributed by atoms with E-state index in [1.807, 2.05) is 13.0 Å². The topological polar surface area (TPSA) is 54.4 Å². The first-order valence-electron chi connectivity index (χ1n) is 12.9. The van der Waals surface area contributed by atoms with Gasteiger partial charge in [-0.2, -0.15) is 0 Å². The van der Waals surface area contributed by atoms with Crippen LogP contribution in [0.1, 0.15) is 91.9 Å². The average molecular weight is 473 g/mol. The molecule has 0 aromatic carbocycles. The van der Waals surface area contributed by atoms with E-state index in [1.54, 1.807) is 6.92 Å². The monoisotopic (exact) mass is 472 g/mol. The molecule has 0 aromatic rings. The summed E-state index contributed by atoms with van der Waals surface area (Å²) in [5, 5.41) is 10.1. The van der Waals surface area contributed by atoms with E-state index in [9.17, 15) is 13.5 Å². The van der Waals surface area contributed by atoms with E-state index >= 15 is 0 Å². The molecule has 3 aliphatic rings. The van der Waals surface area contributed by atoms with Gasteiger partial charge in [0.15, 0.2) is 9.84 Å². The van der Waals surface area contributed by atoms with Crippen LogP contribution >= 0.6 is 0 Å². The predicted molar refractivity (Wildman–Crippen MR) is 140 cm³/mol. The molecule has 0 radical (unpaired) electrons. The van der Waals surface area contributed by atoms with Gasteiger partial charge in [-0.05, 0) is 87.5 Å². The quantitative estimate of drug-likeness (QED) is 0.379. The van der Waals surface area contributed by atoms with E-state index in [0.717, 1.165) is 51.4 Å². The van der Waals surface area contributed by atoms with Crippen molar-refractivity contribution in [2.24, 2.45) is 17.3 Å². The molecule has 3 rings (SSSR count). The van der Waals surface area contributed by atoms with Gasteiger partial charge in [0.05, 0.1) is 11.9 Å². The summed E-state index contributed by atoms with van der Waals surface area (Å²) >= 11 is 0. The van der Waals surface area contributed by atoms with Gasteiger partial charge in [-0.3, -0.25) is 0 Å². The maximum atomic E-state index is 12.5. The Kier molecular flexibility index (Phi) is 8.66. The summed E-state index contributed by atoms with van der Waals surface area (Å²) in [6.45, 7) is 12.7. The molecule has 0 aromatic heterocycles. The highest BCUT2D eigenvalue weighted by atomic mass is 32.2. The van der Waals surface area contributed by atoms with Crippen molar-refractivity contribution >= 4 is 9.84 Å². The molecule has 0 aliphatic heterocycles. The Morgan fingerprint density at radius 2 is 2.09 bits per heavy atom. The Balaban J connectivity index is 1.72. The Bertz CT molecular complexity index is 963. The van der Waals surface area contributed by atoms with Crippen LogP contribution in [0.3, 0.4) is 0 Å². The van der Waals surface area contributed by atoms with Crippen LogP contribution in [0.15, 0.2) is 58.1 Å². The van der Waals surface area contributed by atoms with E-state index in [1.165, 1.54) is 35.1 Å². The Morgan fingerprint density at radius 1 is 1.33 bits per heavy atom. The van der Waals surface area contributed by atoms with Crippen molar-refractivity contribution in [1.29, 1.82) is 0 Å². The Morgan fingerprint density at radius 3 is 2.82 bits per heavy atom. The normalized spacial score (nSPS) is 32.2. The fourth-order valence-corrected chi connectivity index (χ4v) is 7.44. The summed E-state index contributed by atoms with van der Waals surface area (Å²) in [7, 11) is -3.11. The number of hydrogen-bond acceptors (Lipinski definition) is 3. The SMILES string of the molecule is C=C1CCC(O)C/C1=C/C=C1\CCCC2(C)C(C(C)C/C=C(\C)S(=O)(=O)CCCC)=CCC12. The summed E-state index contributed by atoms with van der Waals surface area (Å²) in [4.78, 5) is 0.536. The van der Waals surface area contributed by atoms with Crippen LogP contribution in [0.5, 0.6) is 0 Å². The lowest BCUT2D eigenvalue weighted by Crippen LogP contribution is -2.32. The molecule has 1 N–H and O–H groups in total. The number of fused-ring (bicyclic) bond motifs is 1. The molecule has 0 saturated heterocycles. The predicted octanol–water partition coefficient (Wildman–Crippen LogP) is 7.22. The third-order valence-electron chi connectivity index (χ3n) is 8.35. The largest absolute Gasteiger partial charge is 0.393 e. The molecular weight excluding hydrogens is 428 g/mol. The minimum absolute atomic E-state index is 0.161. The van der Waals surface area contributed by atoms with E-state index in [0.29, 0.717) is 16.7 Å². The smallest absolute Gasteiger partial charge is 0.173 e. The summed E-state index contributed by atoms with van der Waals surface area (Å²) < 4.78 is 25.0. The molecule has 4 heteroatoms. The maximum absolute atomic E-state index is 12.5. The number of hydrogen-bond donors (Lipinski definition) is 1. The molecule has 3 nitrogen and oxygen atoms in total. The first kappa shape index (κ1) is 26.2. The summed E-state index contributed by atoms with van der Waals surface area (Å²) in [6, 6.07) is 0. The van der Waals surface area contributed by atoms with E-state index < -0.39 is 9.84 Å². The zero-order chi connectivity index (χ0) is 24.2. The fourth-order valence-electron chi connectivity index (χ4n) is 6.10. The van der Waals surface area contributed by atoms with Crippen molar-refractivity contribution in [2.45, 2.75) is 98.0 Å². The third kappa shape index (κ3) is 6.00. The maximum Gasteiger partial charge on any atom is 0.173 e. The number of rotatable bonds is 8. The molecule has 184 valence electrons. The second-order valence-electron chi connectivity index (χ2n) is 10.8. The molecule has 0 amide bonds. The molecular formula is C29H44O3S. The van der Waals surface area contributed by atoms with Crippen molar-refractivity contribution in [1.82, 2.24) is 0 Å². The Hall–Kier alpha value is -1.39. The van der Waals surface area contributed by atoms with Crippen molar-refractivity contribution in [3.05, 3.63) is 58.1 Å². The van der Waals surface area contributed by atoms with Gasteiger partial charge >= 0.3 is 0 Å². The highest BCUT2D eigenvalue weighted by Crippen LogP contribution is 2.57. The van der Waals surface area contributed by atoms with Gasteiger partial charge in [0.2, 0.25) is 0 Å². The number of sulfone groups is 1. The number of aliphatic hydroxyl groups excluding tert-OH is 1. The average Bonchev–Trinajstić information content (AvgIpc) is 3.14. The zero-order valence-electron chi connectivity index (χ0n) is 21.2. The molecule has 4 atom stereocenters. The molecule has 0 heterocycles. The van der Waals surface area contributed by atoms with Gasteiger partial charge in [0.25, 0.3) is 0 Å². The van der Waals surface area contributed by atoms with Crippen LogP contribution in [-0.4, -0.2) is 25.4 Å². The summed E-state index contributed by atoms with van der Waals surface area (Å²) in [5.74, 6) is 1.14. The first-order chi connectivity index (χ1) is 15.6. The van der Waals surface area contributed by atoms with Crippen molar-refractivity contribution < 1.29 is 13.5 Å². The van der Waals surface area contributed by atoms with Crippen LogP contribution in [0, 0.1) is 17.3 Å². The van der Waals surface area contributed by atoms with Gasteiger partial charge in [-0.1, -0.05) is 74.8 Å². The standard InChI is InChI=1S/C29H44O3S/c1-6-7-19-33(31,32)23(4)12-10-22(3)27-16-17-28-24(9-8-18-29(27,28)5)13-14-25-20-26(30)15-11-21(25)2/h12-14,16,22,26,28,30H,2,6-11,15,17-20H2,1,3-5H3/b23-12+,24-13+,25-14-. The first-order valence-corrected chi connectivity index (χ1v) is 14.6. The minimum Gasteiger partial charge on any atom is -0.393 e. The summed E-state index contributed by atoms with van der Waals surface area (Å²) in [5.41, 5.74) is 5.58. The third-order valence-corrected chi connectivity index (χ3v) is 10.3. The summed E-state index contributed by atoms with van der Waals surface area (Å²) in [6.07, 6.45) is 18.2. The Labute approximate surface area is 202 Å². The van der Waals surface area contributed by atoms with Gasteiger partial charge in [-0.15, -0.1) is 0 Å². The molecule has 0 spiro atoms. The highest BCUT2D eigenvalue weighted by molar-refractivity contribution is 7.95. The minimum atomic E-state index is -3.11. The zero-order valence-corrected chi connectivity index (χ0v) is 22.0. The van der Waals surface area contributed by atoms with Crippen LogP contribution in [0.2, 0.25) is 0 Å². The fraction of sp³-hybridized carbons (Fsp3) is 0.655. The van der Waals surface area contributed by atoms with E-state index in [4.69, 9.17) is 0 Å². The lowest BCUT2D eigenvalue weighted by molar-refractivity contribution is 0.158. The van der Waals surface area contributed by atoms with Crippen molar-refractivity contribution in [3.63, 3.8) is 0 Å². The highest BCUT2D eigenvalue weighted by Gasteiger charge is 2.45. The number of aliphatic hydroxyl groups is 1. The lowest BCUT2D eigenvalue weighted by Gasteiger charge is -2.42. The van der Waals surface area contributed by atoms with Crippen molar-refractivity contribution in [3.8, 4) is 0 Å². The van der Waals surface area contributed by atoms with E-state index in [-0.39, 0.29) is 17.3 Å². The van der Waals surface area contributed by atoms with Crippen LogP contribution < -0.4 is 0 Å². The van der Waals surface area contributed by atoms with Gasteiger partial charge in [-0.25, -0.2) is 8.42 Å². The van der Waals surface area contributed by atoms with E-state index in [2.05, 4.69) is 38.7 Å². The number of unbranched alkanes of at least 4 members (excludes halogenated alkanes) is 1. The molecule has 3 aliphatic carbocycles. The van der Waals surface area contributed by atoms with Crippen LogP contribution in [-0.2, 0) is 9.84 Å². The molecule has 2 saturated carbocycles. The molecule has 4 unspecified atom stereocenters. The molecule has 2 fully saturated rings. The number of allylic oxidation sites excluding steroid dienone is 8. The van der Waals surface area contributed by atoms with Crippen LogP contribution in [0.25, 0.3) is 0 Å². The van der Waals surface area contributed by atoms with Gasteiger partial charge < -0.3 is 5.11 Å². The van der Waals surface area contributed by atoms with Gasteiger partial charge in [0.1, 0.15) is 0 Å². The molecule has 33 heavy (non-hydrogen) atoms.